The minimum atomic E-state index is -0.506. The molecule has 0 unspecified atom stereocenters. The predicted molar refractivity (Wildman–Crippen MR) is 94.8 cm³/mol. The zero-order valence-corrected chi connectivity index (χ0v) is 15.7. The normalized spacial score (nSPS) is 14.7. The largest absolute Gasteiger partial charge is 0.444 e. The average molecular weight is 398 g/mol. The van der Waals surface area contributed by atoms with E-state index >= 15 is 0 Å². The number of amides is 1. The number of aromatic nitrogens is 1. The minimum Gasteiger partial charge on any atom is -0.444 e. The third kappa shape index (κ3) is 3.45. The number of fused-ring (bicyclic) bond motifs is 2. The lowest BCUT2D eigenvalue weighted by atomic mass is 10.0. The summed E-state index contributed by atoms with van der Waals surface area (Å²) in [5, 5.41) is 1.56. The van der Waals surface area contributed by atoms with Crippen LogP contribution >= 0.6 is 27.5 Å². The summed E-state index contributed by atoms with van der Waals surface area (Å²) in [5.41, 5.74) is 2.25. The zero-order chi connectivity index (χ0) is 16.8. The van der Waals surface area contributed by atoms with Crippen LogP contribution in [0, 0.1) is 0 Å². The monoisotopic (exact) mass is 396 g/mol. The van der Waals surface area contributed by atoms with Crippen LogP contribution in [0.4, 0.5) is 4.79 Å². The standard InChI is InChI=1S/C17H18BrClN2O2/c1-17(2,3)23-16(22)21-7-6-14-12(9-21)15(19)11-8-10(18)4-5-13(11)20-14/h4-5,8H,6-7,9H2,1-3H3. The van der Waals surface area contributed by atoms with Gasteiger partial charge in [0.1, 0.15) is 5.60 Å². The maximum atomic E-state index is 12.3. The van der Waals surface area contributed by atoms with Gasteiger partial charge in [-0.05, 0) is 39.0 Å². The molecule has 1 aliphatic heterocycles. The smallest absolute Gasteiger partial charge is 0.410 e. The summed E-state index contributed by atoms with van der Waals surface area (Å²) in [7, 11) is 0. The van der Waals surface area contributed by atoms with Gasteiger partial charge in [0, 0.05) is 34.1 Å². The first kappa shape index (κ1) is 16.5. The van der Waals surface area contributed by atoms with Gasteiger partial charge < -0.3 is 9.64 Å². The van der Waals surface area contributed by atoms with Crippen molar-refractivity contribution in [1.82, 2.24) is 9.88 Å². The molecule has 3 rings (SSSR count). The second-order valence-corrected chi connectivity index (χ2v) is 7.96. The van der Waals surface area contributed by atoms with E-state index in [4.69, 9.17) is 21.3 Å². The van der Waals surface area contributed by atoms with Gasteiger partial charge in [-0.3, -0.25) is 4.98 Å². The van der Waals surface area contributed by atoms with Gasteiger partial charge in [0.15, 0.2) is 0 Å². The maximum Gasteiger partial charge on any atom is 0.410 e. The molecule has 4 nitrogen and oxygen atoms in total. The van der Waals surface area contributed by atoms with Crippen LogP contribution in [0.3, 0.4) is 0 Å². The van der Waals surface area contributed by atoms with Gasteiger partial charge in [-0.25, -0.2) is 4.79 Å². The van der Waals surface area contributed by atoms with Crippen LogP contribution in [0.1, 0.15) is 32.0 Å². The lowest BCUT2D eigenvalue weighted by Crippen LogP contribution is -2.40. The number of ether oxygens (including phenoxy) is 1. The first-order chi connectivity index (χ1) is 10.7. The van der Waals surface area contributed by atoms with Gasteiger partial charge in [-0.1, -0.05) is 27.5 Å². The van der Waals surface area contributed by atoms with E-state index in [2.05, 4.69) is 15.9 Å². The van der Waals surface area contributed by atoms with Gasteiger partial charge >= 0.3 is 6.09 Å². The molecule has 1 amide bonds. The minimum absolute atomic E-state index is 0.312. The Balaban J connectivity index is 1.95. The number of rotatable bonds is 0. The van der Waals surface area contributed by atoms with E-state index in [1.807, 2.05) is 39.0 Å². The molecule has 1 aromatic carbocycles. The third-order valence-electron chi connectivity index (χ3n) is 3.68. The zero-order valence-electron chi connectivity index (χ0n) is 13.3. The van der Waals surface area contributed by atoms with Crippen LogP contribution in [0.5, 0.6) is 0 Å². The quantitative estimate of drug-likeness (QED) is 0.632. The number of hydrogen-bond acceptors (Lipinski definition) is 3. The second-order valence-electron chi connectivity index (χ2n) is 6.66. The highest BCUT2D eigenvalue weighted by atomic mass is 79.9. The first-order valence-corrected chi connectivity index (χ1v) is 8.66. The van der Waals surface area contributed by atoms with Crippen LogP contribution in [0.15, 0.2) is 22.7 Å². The fourth-order valence-corrected chi connectivity index (χ4v) is 3.33. The molecule has 0 fully saturated rings. The average Bonchev–Trinajstić information content (AvgIpc) is 2.46. The summed E-state index contributed by atoms with van der Waals surface area (Å²) in [6.07, 6.45) is 0.369. The fraction of sp³-hybridized carbons (Fsp3) is 0.412. The Labute approximate surface area is 148 Å². The van der Waals surface area contributed by atoms with Crippen molar-refractivity contribution in [2.75, 3.05) is 6.54 Å². The Bertz CT molecular complexity index is 786. The molecule has 2 aromatic rings. The lowest BCUT2D eigenvalue weighted by Gasteiger charge is -2.31. The van der Waals surface area contributed by atoms with Crippen molar-refractivity contribution in [1.29, 1.82) is 0 Å². The molecule has 0 saturated heterocycles. The van der Waals surface area contributed by atoms with E-state index in [-0.39, 0.29) is 6.09 Å². The summed E-state index contributed by atoms with van der Waals surface area (Å²) >= 11 is 10.1. The summed E-state index contributed by atoms with van der Waals surface area (Å²) < 4.78 is 6.41. The summed E-state index contributed by atoms with van der Waals surface area (Å²) in [6.45, 7) is 6.61. The molecular formula is C17H18BrClN2O2. The third-order valence-corrected chi connectivity index (χ3v) is 4.61. The molecule has 1 aromatic heterocycles. The van der Waals surface area contributed by atoms with E-state index in [9.17, 15) is 4.79 Å². The molecule has 0 aliphatic carbocycles. The Kier molecular flexibility index (Phi) is 4.27. The Morgan fingerprint density at radius 3 is 2.83 bits per heavy atom. The molecule has 6 heteroatoms. The molecule has 1 aliphatic rings. The number of carbonyl (C=O) groups excluding carboxylic acids is 1. The lowest BCUT2D eigenvalue weighted by molar-refractivity contribution is 0.0223. The van der Waals surface area contributed by atoms with Crippen LogP contribution in [-0.2, 0) is 17.7 Å². The van der Waals surface area contributed by atoms with Crippen molar-refractivity contribution in [2.45, 2.75) is 39.3 Å². The topological polar surface area (TPSA) is 42.4 Å². The van der Waals surface area contributed by atoms with E-state index in [0.29, 0.717) is 24.5 Å². The first-order valence-electron chi connectivity index (χ1n) is 7.49. The van der Waals surface area contributed by atoms with Crippen molar-refractivity contribution in [3.05, 3.63) is 39.0 Å². The van der Waals surface area contributed by atoms with Gasteiger partial charge in [0.05, 0.1) is 17.1 Å². The fourth-order valence-electron chi connectivity index (χ4n) is 2.64. The van der Waals surface area contributed by atoms with Crippen LogP contribution in [0.2, 0.25) is 5.02 Å². The molecule has 0 bridgehead atoms. The molecule has 122 valence electrons. The Hall–Kier alpha value is -1.33. The molecular weight excluding hydrogens is 380 g/mol. The van der Waals surface area contributed by atoms with Crippen molar-refractivity contribution in [3.63, 3.8) is 0 Å². The van der Waals surface area contributed by atoms with Gasteiger partial charge in [0.25, 0.3) is 0 Å². The number of carbonyl (C=O) groups is 1. The molecule has 0 atom stereocenters. The van der Waals surface area contributed by atoms with E-state index in [1.165, 1.54) is 0 Å². The van der Waals surface area contributed by atoms with Gasteiger partial charge in [-0.15, -0.1) is 0 Å². The van der Waals surface area contributed by atoms with E-state index < -0.39 is 5.60 Å². The summed E-state index contributed by atoms with van der Waals surface area (Å²) in [5.74, 6) is 0. The number of hydrogen-bond donors (Lipinski definition) is 0. The SMILES string of the molecule is CC(C)(C)OC(=O)N1CCc2nc3ccc(Br)cc3c(Cl)c2C1. The molecule has 2 heterocycles. The summed E-state index contributed by atoms with van der Waals surface area (Å²) in [4.78, 5) is 18.7. The van der Waals surface area contributed by atoms with Gasteiger partial charge in [0.2, 0.25) is 0 Å². The molecule has 0 radical (unpaired) electrons. The highest BCUT2D eigenvalue weighted by molar-refractivity contribution is 9.10. The Morgan fingerprint density at radius 2 is 2.13 bits per heavy atom. The number of benzene rings is 1. The highest BCUT2D eigenvalue weighted by Crippen LogP contribution is 2.33. The van der Waals surface area contributed by atoms with Crippen LogP contribution in [-0.4, -0.2) is 28.1 Å². The van der Waals surface area contributed by atoms with Crippen molar-refractivity contribution in [2.24, 2.45) is 0 Å². The molecule has 0 spiro atoms. The van der Waals surface area contributed by atoms with Crippen LogP contribution in [0.25, 0.3) is 10.9 Å². The van der Waals surface area contributed by atoms with E-state index in [1.54, 1.807) is 4.90 Å². The predicted octanol–water partition coefficient (Wildman–Crippen LogP) is 4.94. The van der Waals surface area contributed by atoms with Gasteiger partial charge in [-0.2, -0.15) is 0 Å². The number of nitrogens with zero attached hydrogens (tertiary/aromatic N) is 2. The Morgan fingerprint density at radius 1 is 1.39 bits per heavy atom. The number of pyridine rings is 1. The molecule has 23 heavy (non-hydrogen) atoms. The highest BCUT2D eigenvalue weighted by Gasteiger charge is 2.28. The van der Waals surface area contributed by atoms with Crippen molar-refractivity contribution >= 4 is 44.5 Å². The number of halogens is 2. The molecule has 0 saturated carbocycles. The molecule has 0 N–H and O–H groups in total. The van der Waals surface area contributed by atoms with Crippen molar-refractivity contribution < 1.29 is 9.53 Å². The van der Waals surface area contributed by atoms with E-state index in [0.717, 1.165) is 26.6 Å². The second kappa shape index (κ2) is 5.95. The maximum absolute atomic E-state index is 12.3. The van der Waals surface area contributed by atoms with Crippen molar-refractivity contribution in [3.8, 4) is 0 Å². The van der Waals surface area contributed by atoms with Crippen LogP contribution < -0.4 is 0 Å². The summed E-state index contributed by atoms with van der Waals surface area (Å²) in [6, 6.07) is 5.86.